The van der Waals surface area contributed by atoms with Gasteiger partial charge in [-0.25, -0.2) is 14.4 Å². The number of unbranched alkanes of at least 4 members (excludes halogenated alkanes) is 6. The van der Waals surface area contributed by atoms with E-state index in [0.29, 0.717) is 37.6 Å². The van der Waals surface area contributed by atoms with Gasteiger partial charge in [-0.3, -0.25) is 0 Å². The fourth-order valence-electron chi connectivity index (χ4n) is 16.1. The summed E-state index contributed by atoms with van der Waals surface area (Å²) in [6.45, 7) is 4.32. The summed E-state index contributed by atoms with van der Waals surface area (Å²) in [5.41, 5.74) is 13.5. The summed E-state index contributed by atoms with van der Waals surface area (Å²) >= 11 is 0. The van der Waals surface area contributed by atoms with Gasteiger partial charge >= 0.3 is 18.3 Å². The van der Waals surface area contributed by atoms with Gasteiger partial charge in [0.05, 0.1) is 16.6 Å². The van der Waals surface area contributed by atoms with Gasteiger partial charge in [0, 0.05) is 41.2 Å². The van der Waals surface area contributed by atoms with Crippen molar-refractivity contribution in [1.29, 1.82) is 0 Å². The van der Waals surface area contributed by atoms with Crippen LogP contribution in [0.15, 0.2) is 54.6 Å². The van der Waals surface area contributed by atoms with E-state index in [-0.39, 0.29) is 34.9 Å². The van der Waals surface area contributed by atoms with Crippen molar-refractivity contribution in [2.24, 2.45) is 17.8 Å². The third-order valence-corrected chi connectivity index (χ3v) is 20.8. The maximum Gasteiger partial charge on any atom is 0.407 e. The molecule has 81 heavy (non-hydrogen) atoms. The van der Waals surface area contributed by atoms with Gasteiger partial charge in [-0.05, 0) is 220 Å². The van der Waals surface area contributed by atoms with Crippen LogP contribution in [0.1, 0.15) is 222 Å². The zero-order chi connectivity index (χ0) is 56.1. The molecule has 0 radical (unpaired) electrons. The smallest absolute Gasteiger partial charge is 0.407 e. The zero-order valence-electron chi connectivity index (χ0n) is 49.8. The summed E-state index contributed by atoms with van der Waals surface area (Å²) in [6.07, 6.45) is 35.8. The summed E-state index contributed by atoms with van der Waals surface area (Å²) in [7, 11) is 5.36. The molecule has 3 aromatic rings. The van der Waals surface area contributed by atoms with E-state index in [1.54, 1.807) is 54.7 Å². The van der Waals surface area contributed by atoms with Crippen LogP contribution in [0.2, 0.25) is 0 Å². The van der Waals surface area contributed by atoms with E-state index in [2.05, 4.69) is 70.5 Å². The number of ether oxygens (including phenoxy) is 6. The molecule has 444 valence electrons. The summed E-state index contributed by atoms with van der Waals surface area (Å²) in [5, 5.41) is 9.18. The molecule has 3 saturated heterocycles. The van der Waals surface area contributed by atoms with Gasteiger partial charge in [0.25, 0.3) is 0 Å². The predicted molar refractivity (Wildman–Crippen MR) is 318 cm³/mol. The number of methoxy groups -OCH3 is 3. The molecule has 3 amide bonds. The second kappa shape index (κ2) is 28.3. The van der Waals surface area contributed by atoms with Crippen molar-refractivity contribution in [2.75, 3.05) is 61.0 Å². The maximum atomic E-state index is 11.5. The number of carbonyl (C=O) groups is 3. The number of benzene rings is 3. The Morgan fingerprint density at radius 3 is 0.988 bits per heavy atom. The van der Waals surface area contributed by atoms with Crippen molar-refractivity contribution in [3.63, 3.8) is 0 Å². The lowest BCUT2D eigenvalue weighted by molar-refractivity contribution is 0.171. The van der Waals surface area contributed by atoms with Gasteiger partial charge in [0.1, 0.15) is 19.8 Å². The molecule has 3 aliphatic heterocycles. The molecule has 3 spiro atoms. The monoisotopic (exact) mass is 1110 g/mol. The molecular formula is C69H99N3O9. The van der Waals surface area contributed by atoms with Crippen LogP contribution in [0.4, 0.5) is 14.4 Å². The maximum absolute atomic E-state index is 11.5. The molecule has 3 heterocycles. The van der Waals surface area contributed by atoms with Gasteiger partial charge in [0.2, 0.25) is 0 Å². The highest BCUT2D eigenvalue weighted by atomic mass is 16.6. The topological polar surface area (TPSA) is 143 Å². The van der Waals surface area contributed by atoms with E-state index in [0.717, 1.165) is 95.4 Å². The Bertz CT molecular complexity index is 2300. The SMILES string of the molecule is COCCCCCC1CCc2cc(C3CC[C@]4(COC(=O)N4)C3)ccc2C1.COCCCCC[C@@H]1CCc2cc([C@H]3CC[C@]4(COC(=O)N4)C3)ccc2C1.COCCCCC[C@H]1CCc2cc([C@H]3CC[C@]4(COC(=O)N4)C3)ccc2C1. The number of nitrogens with one attached hydrogen (secondary N) is 3. The van der Waals surface area contributed by atoms with Crippen LogP contribution in [0.5, 0.6) is 0 Å². The minimum atomic E-state index is -0.241. The Labute approximate surface area is 485 Å². The van der Waals surface area contributed by atoms with E-state index in [9.17, 15) is 14.4 Å². The predicted octanol–water partition coefficient (Wildman–Crippen LogP) is 14.2. The van der Waals surface area contributed by atoms with E-state index in [1.165, 1.54) is 152 Å². The first-order chi connectivity index (χ1) is 39.5. The molecule has 12 heteroatoms. The summed E-state index contributed by atoms with van der Waals surface area (Å²) in [6, 6.07) is 21.6. The first-order valence-electron chi connectivity index (χ1n) is 32.2. The van der Waals surface area contributed by atoms with Crippen molar-refractivity contribution in [3.05, 3.63) is 105 Å². The molecule has 3 aromatic carbocycles. The van der Waals surface area contributed by atoms with Crippen LogP contribution < -0.4 is 16.0 Å². The molecule has 6 aliphatic carbocycles. The number of rotatable bonds is 21. The number of aryl methyl sites for hydroxylation is 3. The largest absolute Gasteiger partial charge is 0.447 e. The number of hydrogen-bond donors (Lipinski definition) is 3. The molecule has 12 rings (SSSR count). The minimum Gasteiger partial charge on any atom is -0.447 e. The molecule has 3 N–H and O–H groups in total. The Balaban J connectivity index is 0.000000136. The Morgan fingerprint density at radius 1 is 0.407 bits per heavy atom. The number of carbonyl (C=O) groups excluding carboxylic acids is 3. The van der Waals surface area contributed by atoms with Crippen molar-refractivity contribution >= 4 is 18.3 Å². The van der Waals surface area contributed by atoms with E-state index in [1.807, 2.05) is 0 Å². The lowest BCUT2D eigenvalue weighted by atomic mass is 9.79. The number of cyclic esters (lactones) is 3. The van der Waals surface area contributed by atoms with Crippen molar-refractivity contribution in [2.45, 2.75) is 227 Å². The first kappa shape index (κ1) is 59.5. The van der Waals surface area contributed by atoms with Crippen LogP contribution in [0.3, 0.4) is 0 Å². The molecule has 9 atom stereocenters. The van der Waals surface area contributed by atoms with Crippen LogP contribution >= 0.6 is 0 Å². The highest BCUT2D eigenvalue weighted by Crippen LogP contribution is 2.47. The average Bonchev–Trinajstić information content (AvgIpc) is 4.59. The molecule has 6 fully saturated rings. The summed E-state index contributed by atoms with van der Waals surface area (Å²) in [5.74, 6) is 4.21. The standard InChI is InChI=1S/3C23H33NO3/c3*1-26-12-4-2-3-5-17-6-7-19-14-20(9-8-18(19)13-17)21-10-11-23(15-21)16-27-22(25)24-23/h3*8-9,14,17,21H,2-7,10-13,15-16H2,1H3,(H,24,25)/t17?,21?,23-;17-,21+,23-;17-,21-,23+/m110/s1. The molecule has 3 saturated carbocycles. The summed E-state index contributed by atoms with van der Waals surface area (Å²) in [4.78, 5) is 34.4. The van der Waals surface area contributed by atoms with Gasteiger partial charge < -0.3 is 44.4 Å². The minimum absolute atomic E-state index is 0.106. The highest BCUT2D eigenvalue weighted by Gasteiger charge is 2.48. The lowest BCUT2D eigenvalue weighted by Crippen LogP contribution is -2.40. The fraction of sp³-hybridized carbons (Fsp3) is 0.696. The van der Waals surface area contributed by atoms with Gasteiger partial charge in [-0.15, -0.1) is 0 Å². The first-order valence-corrected chi connectivity index (χ1v) is 32.2. The number of fused-ring (bicyclic) bond motifs is 3. The molecule has 12 nitrogen and oxygen atoms in total. The molecule has 2 unspecified atom stereocenters. The van der Waals surface area contributed by atoms with Crippen molar-refractivity contribution in [3.8, 4) is 0 Å². The third kappa shape index (κ3) is 15.8. The number of amides is 3. The highest BCUT2D eigenvalue weighted by molar-refractivity contribution is 5.72. The second-order valence-electron chi connectivity index (χ2n) is 26.7. The lowest BCUT2D eigenvalue weighted by Gasteiger charge is -2.26. The summed E-state index contributed by atoms with van der Waals surface area (Å²) < 4.78 is 30.9. The van der Waals surface area contributed by atoms with Crippen LogP contribution in [0.25, 0.3) is 0 Å². The molecule has 9 aliphatic rings. The Morgan fingerprint density at radius 2 is 0.716 bits per heavy atom. The van der Waals surface area contributed by atoms with Crippen molar-refractivity contribution in [1.82, 2.24) is 16.0 Å². The molecule has 0 aromatic heterocycles. The van der Waals surface area contributed by atoms with Crippen LogP contribution in [-0.4, -0.2) is 95.9 Å². The van der Waals surface area contributed by atoms with E-state index >= 15 is 0 Å². The normalized spacial score (nSPS) is 29.6. The average molecular weight is 1110 g/mol. The van der Waals surface area contributed by atoms with Crippen molar-refractivity contribution < 1.29 is 42.8 Å². The van der Waals surface area contributed by atoms with Gasteiger partial charge in [-0.1, -0.05) is 112 Å². The quantitative estimate of drug-likeness (QED) is 0.0702. The third-order valence-electron chi connectivity index (χ3n) is 20.8. The fourth-order valence-corrected chi connectivity index (χ4v) is 16.1. The van der Waals surface area contributed by atoms with Crippen LogP contribution in [0, 0.1) is 17.8 Å². The number of hydrogen-bond acceptors (Lipinski definition) is 9. The second-order valence-corrected chi connectivity index (χ2v) is 26.7. The van der Waals surface area contributed by atoms with Gasteiger partial charge in [-0.2, -0.15) is 0 Å². The van der Waals surface area contributed by atoms with Crippen LogP contribution in [-0.2, 0) is 66.9 Å². The molecular weight excluding hydrogens is 1010 g/mol. The zero-order valence-corrected chi connectivity index (χ0v) is 49.8. The van der Waals surface area contributed by atoms with E-state index < -0.39 is 0 Å². The van der Waals surface area contributed by atoms with E-state index in [4.69, 9.17) is 28.4 Å². The molecule has 0 bridgehead atoms. The number of alkyl carbamates (subject to hydrolysis) is 3. The Hall–Kier alpha value is -4.65. The Kier molecular flexibility index (Phi) is 20.8. The van der Waals surface area contributed by atoms with Gasteiger partial charge in [0.15, 0.2) is 0 Å².